The molecule has 65 heavy (non-hydrogen) atoms. The molecule has 0 fully saturated rings. The average molecular weight is 824 g/mol. The molecule has 0 saturated carbocycles. The summed E-state index contributed by atoms with van der Waals surface area (Å²) >= 11 is 0. The first kappa shape index (κ1) is 36.0. The zero-order valence-electron chi connectivity index (χ0n) is 35.2. The predicted molar refractivity (Wildman–Crippen MR) is 267 cm³/mol. The third-order valence-electron chi connectivity index (χ3n) is 14.1. The molecular formula is C62H37N3. The molecule has 12 aromatic rings. The van der Waals surface area contributed by atoms with Crippen LogP contribution in [0.5, 0.6) is 0 Å². The molecule has 2 aliphatic rings. The Balaban J connectivity index is 1.09. The van der Waals surface area contributed by atoms with Crippen LogP contribution in [-0.2, 0) is 5.41 Å². The van der Waals surface area contributed by atoms with Crippen molar-refractivity contribution in [3.8, 4) is 78.7 Å². The molecular weight excluding hydrogens is 787 g/mol. The smallest absolute Gasteiger partial charge is 0.164 e. The Labute approximate surface area is 376 Å². The third-order valence-corrected chi connectivity index (χ3v) is 14.1. The number of benzene rings is 11. The Hall–Kier alpha value is -8.53. The summed E-state index contributed by atoms with van der Waals surface area (Å²) in [5.41, 5.74) is 16.9. The van der Waals surface area contributed by atoms with Crippen LogP contribution in [0.2, 0.25) is 0 Å². The maximum atomic E-state index is 5.37. The van der Waals surface area contributed by atoms with Crippen molar-refractivity contribution < 1.29 is 0 Å². The molecule has 0 radical (unpaired) electrons. The van der Waals surface area contributed by atoms with Crippen molar-refractivity contribution in [3.05, 3.63) is 247 Å². The number of hydrogen-bond donors (Lipinski definition) is 0. The zero-order chi connectivity index (χ0) is 42.6. The summed E-state index contributed by atoms with van der Waals surface area (Å²) in [6.07, 6.45) is 0. The van der Waals surface area contributed by atoms with Crippen molar-refractivity contribution in [2.75, 3.05) is 0 Å². The van der Waals surface area contributed by atoms with E-state index in [1.165, 1.54) is 88.0 Å². The van der Waals surface area contributed by atoms with Gasteiger partial charge in [-0.05, 0) is 117 Å². The lowest BCUT2D eigenvalue weighted by Gasteiger charge is -2.36. The number of hydrogen-bond acceptors (Lipinski definition) is 3. The van der Waals surface area contributed by atoms with Crippen molar-refractivity contribution >= 4 is 32.3 Å². The summed E-state index contributed by atoms with van der Waals surface area (Å²) in [4.78, 5) is 15.9. The standard InChI is InChI=1S/C62H37N3/c1-3-15-38(16-4-1)42-21-14-22-44(35-42)60-63-59(41-17-5-2-6-18-41)64-61(65-60)45-32-33-49-47-24-8-7-23-46(47)48-25-9-11-27-52(48)62(54(49)37-45)53-28-12-10-26-50(53)58-51-34-31-40-20-13-19-39-29-30-43(36-55(58)62)57(51)56(39)40/h1-37H. The Kier molecular flexibility index (Phi) is 7.61. The van der Waals surface area contributed by atoms with E-state index in [1.54, 1.807) is 0 Å². The van der Waals surface area contributed by atoms with Gasteiger partial charge in [0, 0.05) is 16.7 Å². The van der Waals surface area contributed by atoms with Gasteiger partial charge in [-0.1, -0.05) is 206 Å². The Morgan fingerprint density at radius 1 is 0.262 bits per heavy atom. The van der Waals surface area contributed by atoms with E-state index < -0.39 is 5.41 Å². The van der Waals surface area contributed by atoms with E-state index in [-0.39, 0.29) is 0 Å². The molecule has 0 amide bonds. The molecule has 0 bridgehead atoms. The molecule has 1 heterocycles. The van der Waals surface area contributed by atoms with Crippen molar-refractivity contribution in [2.24, 2.45) is 0 Å². The molecule has 3 nitrogen and oxygen atoms in total. The minimum Gasteiger partial charge on any atom is -0.208 e. The molecule has 14 rings (SSSR count). The van der Waals surface area contributed by atoms with Crippen LogP contribution in [0.15, 0.2) is 224 Å². The van der Waals surface area contributed by atoms with E-state index in [1.807, 2.05) is 24.3 Å². The molecule has 2 aliphatic carbocycles. The lowest BCUT2D eigenvalue weighted by Crippen LogP contribution is -2.29. The summed E-state index contributed by atoms with van der Waals surface area (Å²) in [6.45, 7) is 0. The Morgan fingerprint density at radius 3 is 1.49 bits per heavy atom. The first-order valence-electron chi connectivity index (χ1n) is 22.3. The topological polar surface area (TPSA) is 38.7 Å². The number of rotatable bonds is 4. The quantitative estimate of drug-likeness (QED) is 0.166. The van der Waals surface area contributed by atoms with Crippen LogP contribution in [0.3, 0.4) is 0 Å². The van der Waals surface area contributed by atoms with Gasteiger partial charge in [-0.15, -0.1) is 0 Å². The van der Waals surface area contributed by atoms with E-state index in [4.69, 9.17) is 15.0 Å². The minimum atomic E-state index is -0.695. The molecule has 1 spiro atoms. The van der Waals surface area contributed by atoms with Crippen LogP contribution < -0.4 is 0 Å². The molecule has 11 aromatic carbocycles. The maximum Gasteiger partial charge on any atom is 0.164 e. The highest BCUT2D eigenvalue weighted by molar-refractivity contribution is 6.27. The van der Waals surface area contributed by atoms with E-state index in [9.17, 15) is 0 Å². The van der Waals surface area contributed by atoms with Gasteiger partial charge in [0.1, 0.15) is 0 Å². The highest BCUT2D eigenvalue weighted by Gasteiger charge is 2.50. The van der Waals surface area contributed by atoms with E-state index in [2.05, 4.69) is 200 Å². The summed E-state index contributed by atoms with van der Waals surface area (Å²) in [6, 6.07) is 81.9. The van der Waals surface area contributed by atoms with E-state index >= 15 is 0 Å². The van der Waals surface area contributed by atoms with Crippen LogP contribution in [0.25, 0.3) is 111 Å². The molecule has 3 heteroatoms. The van der Waals surface area contributed by atoms with Gasteiger partial charge in [-0.3, -0.25) is 0 Å². The molecule has 300 valence electrons. The molecule has 0 saturated heterocycles. The summed E-state index contributed by atoms with van der Waals surface area (Å²) < 4.78 is 0. The fourth-order valence-electron chi connectivity index (χ4n) is 11.3. The van der Waals surface area contributed by atoms with Gasteiger partial charge in [0.2, 0.25) is 0 Å². The lowest BCUT2D eigenvalue weighted by molar-refractivity contribution is 0.777. The van der Waals surface area contributed by atoms with Crippen molar-refractivity contribution in [1.82, 2.24) is 15.0 Å². The average Bonchev–Trinajstić information content (AvgIpc) is 3.62. The second kappa shape index (κ2) is 13.7. The van der Waals surface area contributed by atoms with Crippen LogP contribution in [0, 0.1) is 0 Å². The van der Waals surface area contributed by atoms with Gasteiger partial charge >= 0.3 is 0 Å². The largest absolute Gasteiger partial charge is 0.208 e. The molecule has 0 N–H and O–H groups in total. The SMILES string of the molecule is c1ccc(-c2cccc(-c3nc(-c4ccccc4)nc(-c4ccc5c(c4)C4(c6ccccc6-c6ccccc6-5)c5ccccc5-c5c4cc4ccc6cccc7ccc5c4c67)n3)c2)cc1. The fraction of sp³-hybridized carbons (Fsp3) is 0.0161. The summed E-state index contributed by atoms with van der Waals surface area (Å²) in [5.74, 6) is 1.90. The van der Waals surface area contributed by atoms with Crippen LogP contribution in [0.4, 0.5) is 0 Å². The fourth-order valence-corrected chi connectivity index (χ4v) is 11.3. The van der Waals surface area contributed by atoms with E-state index in [0.717, 1.165) is 27.8 Å². The van der Waals surface area contributed by atoms with Gasteiger partial charge in [-0.2, -0.15) is 0 Å². The molecule has 1 aromatic heterocycles. The lowest BCUT2D eigenvalue weighted by atomic mass is 9.65. The monoisotopic (exact) mass is 823 g/mol. The second-order valence-electron chi connectivity index (χ2n) is 17.4. The molecule has 1 unspecified atom stereocenters. The second-order valence-corrected chi connectivity index (χ2v) is 17.4. The zero-order valence-corrected chi connectivity index (χ0v) is 35.2. The number of nitrogens with zero attached hydrogens (tertiary/aromatic N) is 3. The van der Waals surface area contributed by atoms with Gasteiger partial charge in [0.25, 0.3) is 0 Å². The number of aromatic nitrogens is 3. The Morgan fingerprint density at radius 2 is 0.769 bits per heavy atom. The third kappa shape index (κ3) is 5.15. The van der Waals surface area contributed by atoms with Crippen LogP contribution >= 0.6 is 0 Å². The van der Waals surface area contributed by atoms with Gasteiger partial charge < -0.3 is 0 Å². The highest BCUT2D eigenvalue weighted by Crippen LogP contribution is 2.63. The summed E-state index contributed by atoms with van der Waals surface area (Å²) in [7, 11) is 0. The van der Waals surface area contributed by atoms with Crippen LogP contribution in [-0.4, -0.2) is 15.0 Å². The number of fused-ring (bicyclic) bond motifs is 13. The first-order valence-corrected chi connectivity index (χ1v) is 22.3. The summed E-state index contributed by atoms with van der Waals surface area (Å²) in [5, 5.41) is 7.73. The van der Waals surface area contributed by atoms with Crippen LogP contribution in [0.1, 0.15) is 22.3 Å². The van der Waals surface area contributed by atoms with Gasteiger partial charge in [-0.25, -0.2) is 15.0 Å². The van der Waals surface area contributed by atoms with Crippen molar-refractivity contribution in [3.63, 3.8) is 0 Å². The predicted octanol–water partition coefficient (Wildman–Crippen LogP) is 15.4. The van der Waals surface area contributed by atoms with Crippen molar-refractivity contribution in [1.29, 1.82) is 0 Å². The molecule has 0 aliphatic heterocycles. The maximum absolute atomic E-state index is 5.37. The normalized spacial score (nSPS) is 14.5. The highest BCUT2D eigenvalue weighted by atomic mass is 15.0. The van der Waals surface area contributed by atoms with Gasteiger partial charge in [0.15, 0.2) is 17.5 Å². The van der Waals surface area contributed by atoms with Gasteiger partial charge in [0.05, 0.1) is 5.41 Å². The Bertz CT molecular complexity index is 3880. The molecule has 1 atom stereocenters. The van der Waals surface area contributed by atoms with Crippen molar-refractivity contribution in [2.45, 2.75) is 5.41 Å². The first-order chi connectivity index (χ1) is 32.2. The minimum absolute atomic E-state index is 0.629. The van der Waals surface area contributed by atoms with E-state index in [0.29, 0.717) is 17.5 Å².